The fourth-order valence-electron chi connectivity index (χ4n) is 1.15. The number of nitrogens with two attached hydrogens (primary N) is 1. The number of thiophene rings is 1. The molecular formula is C9H12Br2N2O2S. The molecule has 1 heterocycles. The van der Waals surface area contributed by atoms with Gasteiger partial charge in [0.25, 0.3) is 0 Å². The Bertz CT molecular complexity index is 351. The van der Waals surface area contributed by atoms with Gasteiger partial charge < -0.3 is 10.5 Å². The standard InChI is InChI=1S/C9H12Br2N2O2S/c1-15-3-2-13-7(9(12)14)6-4-5(10)8(11)16-6/h4,7,13H,2-3H2,1H3,(H2,12,14). The lowest BCUT2D eigenvalue weighted by molar-refractivity contribution is -0.120. The molecular weight excluding hydrogens is 360 g/mol. The molecule has 90 valence electrons. The highest BCUT2D eigenvalue weighted by molar-refractivity contribution is 9.13. The van der Waals surface area contributed by atoms with Crippen molar-refractivity contribution in [2.75, 3.05) is 20.3 Å². The lowest BCUT2D eigenvalue weighted by atomic mass is 10.2. The smallest absolute Gasteiger partial charge is 0.239 e. The van der Waals surface area contributed by atoms with E-state index in [1.54, 1.807) is 7.11 Å². The monoisotopic (exact) mass is 370 g/mol. The maximum absolute atomic E-state index is 11.3. The summed E-state index contributed by atoms with van der Waals surface area (Å²) < 4.78 is 6.78. The van der Waals surface area contributed by atoms with Gasteiger partial charge in [0.15, 0.2) is 0 Å². The Morgan fingerprint density at radius 3 is 2.81 bits per heavy atom. The van der Waals surface area contributed by atoms with Crippen LogP contribution in [0.2, 0.25) is 0 Å². The van der Waals surface area contributed by atoms with Crippen LogP contribution in [-0.4, -0.2) is 26.2 Å². The molecule has 4 nitrogen and oxygen atoms in total. The van der Waals surface area contributed by atoms with Gasteiger partial charge in [0, 0.05) is 23.0 Å². The number of halogens is 2. The quantitative estimate of drug-likeness (QED) is 0.752. The zero-order valence-electron chi connectivity index (χ0n) is 8.63. The van der Waals surface area contributed by atoms with Crippen LogP contribution in [0.5, 0.6) is 0 Å². The summed E-state index contributed by atoms with van der Waals surface area (Å²) in [4.78, 5) is 12.2. The first kappa shape index (κ1) is 14.1. The van der Waals surface area contributed by atoms with Crippen LogP contribution in [0.3, 0.4) is 0 Å². The summed E-state index contributed by atoms with van der Waals surface area (Å²) in [5, 5.41) is 3.05. The minimum absolute atomic E-state index is 0.391. The van der Waals surface area contributed by atoms with E-state index in [9.17, 15) is 4.79 Å². The van der Waals surface area contributed by atoms with Crippen molar-refractivity contribution in [3.05, 3.63) is 19.2 Å². The molecule has 0 fully saturated rings. The molecule has 16 heavy (non-hydrogen) atoms. The fraction of sp³-hybridized carbons (Fsp3) is 0.444. The summed E-state index contributed by atoms with van der Waals surface area (Å²) >= 11 is 8.23. The predicted octanol–water partition coefficient (Wildman–Crippen LogP) is 2.04. The highest BCUT2D eigenvalue weighted by Gasteiger charge is 2.20. The van der Waals surface area contributed by atoms with Crippen molar-refractivity contribution in [3.8, 4) is 0 Å². The van der Waals surface area contributed by atoms with Gasteiger partial charge in [-0.25, -0.2) is 0 Å². The number of primary amides is 1. The second-order valence-corrected chi connectivity index (χ2v) is 6.31. The van der Waals surface area contributed by atoms with E-state index in [0.717, 1.165) is 13.1 Å². The topological polar surface area (TPSA) is 64.3 Å². The van der Waals surface area contributed by atoms with E-state index in [1.165, 1.54) is 11.3 Å². The largest absolute Gasteiger partial charge is 0.383 e. The SMILES string of the molecule is COCCNC(C(N)=O)c1cc(Br)c(Br)s1. The summed E-state index contributed by atoms with van der Waals surface area (Å²) in [6, 6.07) is 1.41. The third-order valence-corrected chi connectivity index (χ3v) is 5.21. The van der Waals surface area contributed by atoms with Crippen LogP contribution in [0.4, 0.5) is 0 Å². The molecule has 1 aromatic rings. The maximum Gasteiger partial charge on any atom is 0.239 e. The van der Waals surface area contributed by atoms with E-state index in [0.29, 0.717) is 13.2 Å². The van der Waals surface area contributed by atoms with Gasteiger partial charge >= 0.3 is 0 Å². The Morgan fingerprint density at radius 2 is 2.38 bits per heavy atom. The third kappa shape index (κ3) is 3.81. The second-order valence-electron chi connectivity index (χ2n) is 3.05. The van der Waals surface area contributed by atoms with Gasteiger partial charge in [0.2, 0.25) is 5.91 Å². The molecule has 0 bridgehead atoms. The molecule has 3 N–H and O–H groups in total. The minimum atomic E-state index is -0.470. The normalized spacial score (nSPS) is 12.7. The molecule has 1 amide bonds. The van der Waals surface area contributed by atoms with E-state index >= 15 is 0 Å². The van der Waals surface area contributed by atoms with E-state index in [-0.39, 0.29) is 0 Å². The van der Waals surface area contributed by atoms with Gasteiger partial charge in [-0.05, 0) is 37.9 Å². The van der Waals surface area contributed by atoms with E-state index in [2.05, 4.69) is 37.2 Å². The number of nitrogens with one attached hydrogen (secondary N) is 1. The van der Waals surface area contributed by atoms with E-state index in [4.69, 9.17) is 10.5 Å². The molecule has 0 aliphatic rings. The number of methoxy groups -OCH3 is 1. The van der Waals surface area contributed by atoms with Gasteiger partial charge in [-0.15, -0.1) is 11.3 Å². The van der Waals surface area contributed by atoms with Gasteiger partial charge in [0.1, 0.15) is 6.04 Å². The van der Waals surface area contributed by atoms with Crippen molar-refractivity contribution in [2.45, 2.75) is 6.04 Å². The molecule has 7 heteroatoms. The molecule has 0 saturated carbocycles. The van der Waals surface area contributed by atoms with Crippen molar-refractivity contribution >= 4 is 49.1 Å². The molecule has 1 aromatic heterocycles. The summed E-state index contributed by atoms with van der Waals surface area (Å²) in [5.74, 6) is -0.391. The van der Waals surface area contributed by atoms with Crippen LogP contribution >= 0.6 is 43.2 Å². The maximum atomic E-state index is 11.3. The van der Waals surface area contributed by atoms with Crippen LogP contribution in [0.1, 0.15) is 10.9 Å². The average Bonchev–Trinajstić information content (AvgIpc) is 2.53. The number of hydrogen-bond donors (Lipinski definition) is 2. The molecule has 0 aliphatic carbocycles. The molecule has 0 radical (unpaired) electrons. The highest BCUT2D eigenvalue weighted by Crippen LogP contribution is 2.35. The molecule has 1 atom stereocenters. The lowest BCUT2D eigenvalue weighted by Gasteiger charge is -2.13. The molecule has 0 aliphatic heterocycles. The van der Waals surface area contributed by atoms with Crippen molar-refractivity contribution in [3.63, 3.8) is 0 Å². The minimum Gasteiger partial charge on any atom is -0.383 e. The van der Waals surface area contributed by atoms with Gasteiger partial charge in [0.05, 0.1) is 10.4 Å². The van der Waals surface area contributed by atoms with E-state index in [1.807, 2.05) is 6.07 Å². The van der Waals surface area contributed by atoms with Gasteiger partial charge in [-0.3, -0.25) is 10.1 Å². The zero-order valence-corrected chi connectivity index (χ0v) is 12.6. The van der Waals surface area contributed by atoms with Crippen LogP contribution in [0.15, 0.2) is 14.3 Å². The summed E-state index contributed by atoms with van der Waals surface area (Å²) in [6.07, 6.45) is 0. The number of hydrogen-bond acceptors (Lipinski definition) is 4. The average molecular weight is 372 g/mol. The Hall–Kier alpha value is 0.0500. The Kier molecular flexibility index (Phi) is 5.91. The fourth-order valence-corrected chi connectivity index (χ4v) is 3.33. The van der Waals surface area contributed by atoms with Crippen LogP contribution in [0, 0.1) is 0 Å². The summed E-state index contributed by atoms with van der Waals surface area (Å²) in [7, 11) is 1.61. The molecule has 0 spiro atoms. The second kappa shape index (κ2) is 6.70. The first-order valence-corrected chi connectivity index (χ1v) is 6.93. The number of amides is 1. The summed E-state index contributed by atoms with van der Waals surface area (Å²) in [5.41, 5.74) is 5.34. The first-order valence-electron chi connectivity index (χ1n) is 4.52. The molecule has 1 unspecified atom stereocenters. The third-order valence-electron chi connectivity index (χ3n) is 1.89. The zero-order chi connectivity index (χ0) is 12.1. The van der Waals surface area contributed by atoms with Crippen molar-refractivity contribution in [2.24, 2.45) is 5.73 Å². The van der Waals surface area contributed by atoms with Crippen molar-refractivity contribution < 1.29 is 9.53 Å². The number of rotatable bonds is 6. The first-order chi connectivity index (χ1) is 7.56. The van der Waals surface area contributed by atoms with Crippen LogP contribution < -0.4 is 11.1 Å². The number of ether oxygens (including phenoxy) is 1. The highest BCUT2D eigenvalue weighted by atomic mass is 79.9. The lowest BCUT2D eigenvalue weighted by Crippen LogP contribution is -2.34. The molecule has 0 saturated heterocycles. The Morgan fingerprint density at radius 1 is 1.69 bits per heavy atom. The van der Waals surface area contributed by atoms with E-state index < -0.39 is 11.9 Å². The Balaban J connectivity index is 2.73. The van der Waals surface area contributed by atoms with Crippen molar-refractivity contribution in [1.29, 1.82) is 0 Å². The molecule has 1 rings (SSSR count). The predicted molar refractivity (Wildman–Crippen MR) is 71.5 cm³/mol. The number of carbonyl (C=O) groups excluding carboxylic acids is 1. The molecule has 0 aromatic carbocycles. The Labute approximate surface area is 115 Å². The van der Waals surface area contributed by atoms with Crippen molar-refractivity contribution in [1.82, 2.24) is 5.32 Å². The van der Waals surface area contributed by atoms with Gasteiger partial charge in [-0.1, -0.05) is 0 Å². The number of carbonyl (C=O) groups is 1. The van der Waals surface area contributed by atoms with Gasteiger partial charge in [-0.2, -0.15) is 0 Å². The van der Waals surface area contributed by atoms with Crippen LogP contribution in [0.25, 0.3) is 0 Å². The summed E-state index contributed by atoms with van der Waals surface area (Å²) in [6.45, 7) is 1.12. The van der Waals surface area contributed by atoms with Crippen LogP contribution in [-0.2, 0) is 9.53 Å².